The Balaban J connectivity index is 3.39. The Hall–Kier alpha value is -2.35. The molecule has 0 spiro atoms. The summed E-state index contributed by atoms with van der Waals surface area (Å²) in [5.41, 5.74) is -0.341. The second-order valence-corrected chi connectivity index (χ2v) is 9.44. The molecule has 7 heteroatoms. The molecule has 1 aliphatic rings. The lowest BCUT2D eigenvalue weighted by atomic mass is 9.66. The quantitative estimate of drug-likeness (QED) is 0.128. The maximum absolute atomic E-state index is 13.1. The number of ether oxygens (including phenoxy) is 1. The smallest absolute Gasteiger partial charge is 0.335 e. The van der Waals surface area contributed by atoms with E-state index in [0.29, 0.717) is 12.8 Å². The summed E-state index contributed by atoms with van der Waals surface area (Å²) >= 11 is 0. The van der Waals surface area contributed by atoms with Gasteiger partial charge in [0.05, 0.1) is 12.9 Å². The first-order chi connectivity index (χ1) is 14.8. The third-order valence-electron chi connectivity index (χ3n) is 5.60. The largest absolute Gasteiger partial charge is 0.432 e. The zero-order chi connectivity index (χ0) is 24.5. The maximum atomic E-state index is 13.1. The molecule has 0 bridgehead atoms. The summed E-state index contributed by atoms with van der Waals surface area (Å²) in [7, 11) is 0. The van der Waals surface area contributed by atoms with E-state index < -0.39 is 35.4 Å². The number of aliphatic hydroxyl groups excluding tert-OH is 1. The first-order valence-corrected chi connectivity index (χ1v) is 10.7. The minimum Gasteiger partial charge on any atom is -0.432 e. The van der Waals surface area contributed by atoms with Crippen molar-refractivity contribution in [3.63, 3.8) is 0 Å². The highest BCUT2D eigenvalue weighted by molar-refractivity contribution is 6.00. The number of hydrogen-bond donors (Lipinski definition) is 2. The molecule has 0 aromatic rings. The number of esters is 1. The zero-order valence-electron chi connectivity index (χ0n) is 19.9. The molecule has 0 fully saturated rings. The molecule has 0 radical (unpaired) electrons. The Labute approximate surface area is 190 Å². The molecular weight excluding hydrogens is 412 g/mol. The number of ketones is 2. The number of aliphatic hydroxyl groups is 1. The van der Waals surface area contributed by atoms with Crippen LogP contribution in [-0.2, 0) is 24.0 Å². The Morgan fingerprint density at radius 3 is 2.47 bits per heavy atom. The van der Waals surface area contributed by atoms with Crippen LogP contribution in [0.4, 0.5) is 0 Å². The second-order valence-electron chi connectivity index (χ2n) is 9.44. The summed E-state index contributed by atoms with van der Waals surface area (Å²) in [6, 6.07) is 0. The van der Waals surface area contributed by atoms with Gasteiger partial charge in [-0.05, 0) is 64.9 Å². The lowest BCUT2D eigenvalue weighted by Crippen LogP contribution is -2.35. The van der Waals surface area contributed by atoms with Crippen molar-refractivity contribution in [3.05, 3.63) is 47.8 Å². The highest BCUT2D eigenvalue weighted by atomic mass is 17.1. The van der Waals surface area contributed by atoms with Gasteiger partial charge in [0.1, 0.15) is 11.4 Å². The van der Waals surface area contributed by atoms with Crippen molar-refractivity contribution in [2.45, 2.75) is 66.4 Å². The van der Waals surface area contributed by atoms with Crippen LogP contribution >= 0.6 is 0 Å². The van der Waals surface area contributed by atoms with Crippen LogP contribution in [0.15, 0.2) is 47.8 Å². The van der Waals surface area contributed by atoms with Crippen LogP contribution in [0.2, 0.25) is 0 Å². The van der Waals surface area contributed by atoms with Gasteiger partial charge in [-0.25, -0.2) is 9.68 Å². The number of hydrogen-bond acceptors (Lipinski definition) is 7. The predicted molar refractivity (Wildman–Crippen MR) is 121 cm³/mol. The fourth-order valence-corrected chi connectivity index (χ4v) is 3.84. The number of allylic oxidation sites excluding steroid dienone is 4. The molecule has 0 saturated carbocycles. The standard InChI is InChI=1S/C25H36O7/c1-17(2)14-22(28)31-13-9-21-20(15-18(3)27)23(29)19(16-26)8-12-25(21,6)11-7-10-24(4,5)32-30/h7-10,13-14,20-21,26,30H,11-12,15-16H2,1-6H3/b10-7+,13-9+/t20-,21-,25-/m0/s1. The van der Waals surface area contributed by atoms with E-state index in [1.807, 2.05) is 13.0 Å². The number of Topliss-reactive ketones (excluding diaryl/α,β-unsaturated/α-hetero) is 2. The lowest BCUT2D eigenvalue weighted by molar-refractivity contribution is -0.297. The summed E-state index contributed by atoms with van der Waals surface area (Å²) in [6.45, 7) is 9.96. The normalized spacial score (nSPS) is 24.4. The van der Waals surface area contributed by atoms with E-state index in [9.17, 15) is 19.5 Å². The van der Waals surface area contributed by atoms with E-state index in [-0.39, 0.29) is 23.6 Å². The summed E-state index contributed by atoms with van der Waals surface area (Å²) < 4.78 is 5.18. The van der Waals surface area contributed by atoms with Crippen LogP contribution in [0.25, 0.3) is 0 Å². The van der Waals surface area contributed by atoms with Gasteiger partial charge in [-0.2, -0.15) is 0 Å². The van der Waals surface area contributed by atoms with Crippen molar-refractivity contribution in [2.24, 2.45) is 17.3 Å². The van der Waals surface area contributed by atoms with Crippen molar-refractivity contribution < 1.29 is 34.4 Å². The van der Waals surface area contributed by atoms with E-state index in [2.05, 4.69) is 4.89 Å². The van der Waals surface area contributed by atoms with Crippen LogP contribution in [0, 0.1) is 17.3 Å². The van der Waals surface area contributed by atoms with Crippen molar-refractivity contribution in [3.8, 4) is 0 Å². The van der Waals surface area contributed by atoms with Gasteiger partial charge in [0.2, 0.25) is 0 Å². The first-order valence-electron chi connectivity index (χ1n) is 10.7. The van der Waals surface area contributed by atoms with Gasteiger partial charge >= 0.3 is 5.97 Å². The van der Waals surface area contributed by atoms with Gasteiger partial charge in [-0.15, -0.1) is 0 Å². The van der Waals surface area contributed by atoms with Crippen LogP contribution < -0.4 is 0 Å². The van der Waals surface area contributed by atoms with E-state index in [1.165, 1.54) is 19.3 Å². The molecule has 178 valence electrons. The van der Waals surface area contributed by atoms with E-state index in [4.69, 9.17) is 9.99 Å². The molecule has 0 aromatic heterocycles. The molecule has 0 aliphatic heterocycles. The molecule has 7 nitrogen and oxygen atoms in total. The van der Waals surface area contributed by atoms with Crippen molar-refractivity contribution in [1.29, 1.82) is 0 Å². The number of carbonyl (C=O) groups excluding carboxylic acids is 3. The molecular formula is C25H36O7. The van der Waals surface area contributed by atoms with Crippen molar-refractivity contribution >= 4 is 17.5 Å². The Morgan fingerprint density at radius 1 is 1.28 bits per heavy atom. The van der Waals surface area contributed by atoms with E-state index >= 15 is 0 Å². The maximum Gasteiger partial charge on any atom is 0.335 e. The number of carbonyl (C=O) groups is 3. The molecule has 3 atom stereocenters. The Bertz CT molecular complexity index is 812. The second kappa shape index (κ2) is 12.0. The first kappa shape index (κ1) is 27.7. The van der Waals surface area contributed by atoms with Gasteiger partial charge in [-0.1, -0.05) is 30.7 Å². The molecule has 32 heavy (non-hydrogen) atoms. The third kappa shape index (κ3) is 8.30. The Morgan fingerprint density at radius 2 is 1.94 bits per heavy atom. The van der Waals surface area contributed by atoms with Gasteiger partial charge in [0, 0.05) is 24.0 Å². The van der Waals surface area contributed by atoms with Crippen molar-refractivity contribution in [2.75, 3.05) is 6.61 Å². The molecule has 1 aliphatic carbocycles. The lowest BCUT2D eigenvalue weighted by Gasteiger charge is -2.37. The molecule has 0 amide bonds. The topological polar surface area (TPSA) is 110 Å². The third-order valence-corrected chi connectivity index (χ3v) is 5.60. The Kier molecular flexibility index (Phi) is 10.4. The minimum absolute atomic E-state index is 0.0116. The van der Waals surface area contributed by atoms with Gasteiger partial charge in [0.15, 0.2) is 5.78 Å². The molecule has 0 aromatic carbocycles. The van der Waals surface area contributed by atoms with E-state index in [1.54, 1.807) is 45.9 Å². The highest BCUT2D eigenvalue weighted by Crippen LogP contribution is 2.46. The van der Waals surface area contributed by atoms with Gasteiger partial charge < -0.3 is 14.6 Å². The minimum atomic E-state index is -0.882. The van der Waals surface area contributed by atoms with E-state index in [0.717, 1.165) is 5.57 Å². The van der Waals surface area contributed by atoms with Gasteiger partial charge in [-0.3, -0.25) is 10.1 Å². The molecule has 1 rings (SSSR count). The molecule has 0 heterocycles. The van der Waals surface area contributed by atoms with Crippen molar-refractivity contribution in [1.82, 2.24) is 0 Å². The predicted octanol–water partition coefficient (Wildman–Crippen LogP) is 4.33. The van der Waals surface area contributed by atoms with Crippen LogP contribution in [0.5, 0.6) is 0 Å². The van der Waals surface area contributed by atoms with Crippen LogP contribution in [0.3, 0.4) is 0 Å². The number of rotatable bonds is 10. The summed E-state index contributed by atoms with van der Waals surface area (Å²) in [5.74, 6) is -2.09. The summed E-state index contributed by atoms with van der Waals surface area (Å²) in [4.78, 5) is 41.5. The fraction of sp³-hybridized carbons (Fsp3) is 0.560. The highest BCUT2D eigenvalue weighted by Gasteiger charge is 2.43. The summed E-state index contributed by atoms with van der Waals surface area (Å²) in [6.07, 6.45) is 10.6. The molecule has 2 N–H and O–H groups in total. The van der Waals surface area contributed by atoms with Crippen LogP contribution in [-0.4, -0.2) is 40.1 Å². The fourth-order valence-electron chi connectivity index (χ4n) is 3.84. The monoisotopic (exact) mass is 448 g/mol. The molecule has 0 unspecified atom stereocenters. The zero-order valence-corrected chi connectivity index (χ0v) is 19.9. The average Bonchev–Trinajstić information content (AvgIpc) is 2.77. The summed E-state index contributed by atoms with van der Waals surface area (Å²) in [5, 5.41) is 18.7. The average molecular weight is 449 g/mol. The molecule has 0 saturated heterocycles. The van der Waals surface area contributed by atoms with Gasteiger partial charge in [0.25, 0.3) is 0 Å². The SMILES string of the molecule is CC(=O)C[C@@H]1C(=O)C(CO)=CC[C@](C)(C/C=C/C(C)(C)OO)[C@H]1/C=C/OC(=O)C=C(C)C. The van der Waals surface area contributed by atoms with Crippen LogP contribution in [0.1, 0.15) is 60.8 Å².